The second kappa shape index (κ2) is 4.31. The van der Waals surface area contributed by atoms with E-state index in [9.17, 15) is 9.18 Å². The number of hydrogen-bond acceptors (Lipinski definition) is 3. The normalized spacial score (nSPS) is 11.2. The highest BCUT2D eigenvalue weighted by Gasteiger charge is 2.13. The summed E-state index contributed by atoms with van der Waals surface area (Å²) in [5.74, 6) is -0.541. The minimum atomic E-state index is -1.10. The van der Waals surface area contributed by atoms with Gasteiger partial charge in [-0.25, -0.2) is 9.18 Å². The third kappa shape index (κ3) is 2.03. The quantitative estimate of drug-likeness (QED) is 0.529. The van der Waals surface area contributed by atoms with Gasteiger partial charge in [-0.1, -0.05) is 11.6 Å². The molecule has 1 aromatic rings. The van der Waals surface area contributed by atoms with E-state index in [1.807, 2.05) is 0 Å². The first-order valence-corrected chi connectivity index (χ1v) is 3.91. The van der Waals surface area contributed by atoms with Crippen molar-refractivity contribution in [1.82, 2.24) is 0 Å². The van der Waals surface area contributed by atoms with Gasteiger partial charge in [-0.05, 0) is 19.1 Å². The Balaban J connectivity index is 3.23. The van der Waals surface area contributed by atoms with Gasteiger partial charge in [-0.2, -0.15) is 10.3 Å². The summed E-state index contributed by atoms with van der Waals surface area (Å²) in [5, 5.41) is 8.64. The molecule has 0 aliphatic rings. The minimum absolute atomic E-state index is 0.107. The monoisotopic (exact) mass is 190 g/mol. The van der Waals surface area contributed by atoms with E-state index in [1.165, 1.54) is 18.2 Å². The van der Waals surface area contributed by atoms with Crippen LogP contribution in [0.15, 0.2) is 23.2 Å². The van der Waals surface area contributed by atoms with Crippen molar-refractivity contribution in [2.75, 3.05) is 0 Å². The molecule has 0 aliphatic carbocycles. The molecule has 0 saturated carbocycles. The molecule has 0 spiro atoms. The number of aliphatic imine (C=N–C) groups is 1. The van der Waals surface area contributed by atoms with Gasteiger partial charge in [0.2, 0.25) is 6.08 Å². The van der Waals surface area contributed by atoms with Gasteiger partial charge < -0.3 is 0 Å². The SMILES string of the molecule is Cc1ccc(F)c(C(C#N)N=C=O)c1. The van der Waals surface area contributed by atoms with Gasteiger partial charge in [0.1, 0.15) is 5.82 Å². The highest BCUT2D eigenvalue weighted by atomic mass is 19.1. The second-order valence-electron chi connectivity index (χ2n) is 2.78. The van der Waals surface area contributed by atoms with Crippen molar-refractivity contribution in [3.05, 3.63) is 35.1 Å². The molecule has 1 unspecified atom stereocenters. The Kier molecular flexibility index (Phi) is 3.11. The number of hydrogen-bond donors (Lipinski definition) is 0. The van der Waals surface area contributed by atoms with Crippen LogP contribution in [-0.2, 0) is 4.79 Å². The maximum absolute atomic E-state index is 13.2. The first-order chi connectivity index (χ1) is 6.69. The zero-order valence-electron chi connectivity index (χ0n) is 7.49. The Bertz CT molecular complexity index is 430. The van der Waals surface area contributed by atoms with Crippen LogP contribution in [-0.4, -0.2) is 6.08 Å². The molecule has 0 saturated heterocycles. The average Bonchev–Trinajstić information content (AvgIpc) is 2.18. The zero-order valence-corrected chi connectivity index (χ0v) is 7.49. The van der Waals surface area contributed by atoms with Crippen LogP contribution in [0.2, 0.25) is 0 Å². The van der Waals surface area contributed by atoms with Gasteiger partial charge in [-0.3, -0.25) is 0 Å². The van der Waals surface area contributed by atoms with Crippen LogP contribution >= 0.6 is 0 Å². The largest absolute Gasteiger partial charge is 0.236 e. The number of rotatable bonds is 2. The molecule has 0 N–H and O–H groups in total. The first-order valence-electron chi connectivity index (χ1n) is 3.91. The van der Waals surface area contributed by atoms with Crippen molar-refractivity contribution in [2.24, 2.45) is 4.99 Å². The highest BCUT2D eigenvalue weighted by molar-refractivity contribution is 5.38. The summed E-state index contributed by atoms with van der Waals surface area (Å²) < 4.78 is 13.2. The maximum atomic E-state index is 13.2. The van der Waals surface area contributed by atoms with Crippen molar-refractivity contribution in [2.45, 2.75) is 13.0 Å². The van der Waals surface area contributed by atoms with Gasteiger partial charge >= 0.3 is 0 Å². The molecule has 14 heavy (non-hydrogen) atoms. The maximum Gasteiger partial charge on any atom is 0.236 e. The Morgan fingerprint density at radius 2 is 2.29 bits per heavy atom. The smallest absolute Gasteiger partial charge is 0.211 e. The highest BCUT2D eigenvalue weighted by Crippen LogP contribution is 2.20. The molecule has 1 atom stereocenters. The van der Waals surface area contributed by atoms with Gasteiger partial charge in [0.25, 0.3) is 0 Å². The summed E-state index contributed by atoms with van der Waals surface area (Å²) in [5.41, 5.74) is 0.915. The molecule has 0 heterocycles. The Morgan fingerprint density at radius 1 is 1.57 bits per heavy atom. The van der Waals surface area contributed by atoms with E-state index in [0.29, 0.717) is 0 Å². The van der Waals surface area contributed by atoms with E-state index in [2.05, 4.69) is 4.99 Å². The van der Waals surface area contributed by atoms with Gasteiger partial charge in [0.15, 0.2) is 6.04 Å². The molecule has 1 aromatic carbocycles. The van der Waals surface area contributed by atoms with Crippen molar-refractivity contribution < 1.29 is 9.18 Å². The third-order valence-electron chi connectivity index (χ3n) is 1.75. The van der Waals surface area contributed by atoms with Crippen LogP contribution < -0.4 is 0 Å². The number of nitriles is 1. The molecule has 1 rings (SSSR count). The Labute approximate surface area is 80.5 Å². The molecule has 4 heteroatoms. The molecule has 0 aromatic heterocycles. The molecule has 0 aliphatic heterocycles. The fourth-order valence-electron chi connectivity index (χ4n) is 1.09. The lowest BCUT2D eigenvalue weighted by Gasteiger charge is -2.04. The van der Waals surface area contributed by atoms with Gasteiger partial charge in [0.05, 0.1) is 6.07 Å². The second-order valence-corrected chi connectivity index (χ2v) is 2.78. The van der Waals surface area contributed by atoms with E-state index in [0.717, 1.165) is 5.56 Å². The lowest BCUT2D eigenvalue weighted by molar-refractivity contribution is 0.559. The predicted octanol–water partition coefficient (Wildman–Crippen LogP) is 2.03. The molecule has 70 valence electrons. The molecule has 0 fully saturated rings. The Hall–Kier alpha value is -1.98. The average molecular weight is 190 g/mol. The van der Waals surface area contributed by atoms with E-state index >= 15 is 0 Å². The fraction of sp³-hybridized carbons (Fsp3) is 0.200. The standard InChI is InChI=1S/C10H7FN2O/c1-7-2-3-9(11)8(4-7)10(5-12)13-6-14/h2-4,10H,1H3. The van der Waals surface area contributed by atoms with Crippen LogP contribution in [0.5, 0.6) is 0 Å². The first kappa shape index (κ1) is 10.1. The van der Waals surface area contributed by atoms with E-state index in [4.69, 9.17) is 5.26 Å². The van der Waals surface area contributed by atoms with Crippen LogP contribution in [0.3, 0.4) is 0 Å². The van der Waals surface area contributed by atoms with Crippen LogP contribution in [0.4, 0.5) is 4.39 Å². The molecule has 0 bridgehead atoms. The molecule has 0 amide bonds. The number of isocyanates is 1. The molecular weight excluding hydrogens is 183 g/mol. The number of benzene rings is 1. The molecule has 0 radical (unpaired) electrons. The summed E-state index contributed by atoms with van der Waals surface area (Å²) in [7, 11) is 0. The fourth-order valence-corrected chi connectivity index (χ4v) is 1.09. The zero-order chi connectivity index (χ0) is 10.6. The summed E-state index contributed by atoms with van der Waals surface area (Å²) in [6.45, 7) is 1.77. The minimum Gasteiger partial charge on any atom is -0.211 e. The number of aryl methyl sites for hydroxylation is 1. The number of carbonyl (C=O) groups excluding carboxylic acids is 1. The summed E-state index contributed by atoms with van der Waals surface area (Å²) in [4.78, 5) is 13.2. The topological polar surface area (TPSA) is 53.2 Å². The summed E-state index contributed by atoms with van der Waals surface area (Å²) in [6, 6.07) is 4.93. The van der Waals surface area contributed by atoms with E-state index in [1.54, 1.807) is 19.1 Å². The number of halogens is 1. The Morgan fingerprint density at radius 3 is 2.86 bits per heavy atom. The van der Waals surface area contributed by atoms with Gasteiger partial charge in [-0.15, -0.1) is 0 Å². The van der Waals surface area contributed by atoms with Gasteiger partial charge in [0, 0.05) is 5.56 Å². The van der Waals surface area contributed by atoms with Crippen molar-refractivity contribution in [1.29, 1.82) is 5.26 Å². The van der Waals surface area contributed by atoms with Crippen molar-refractivity contribution in [3.8, 4) is 6.07 Å². The third-order valence-corrected chi connectivity index (χ3v) is 1.75. The summed E-state index contributed by atoms with van der Waals surface area (Å²) >= 11 is 0. The summed E-state index contributed by atoms with van der Waals surface area (Å²) in [6.07, 6.45) is 1.25. The van der Waals surface area contributed by atoms with E-state index in [-0.39, 0.29) is 5.56 Å². The van der Waals surface area contributed by atoms with Crippen molar-refractivity contribution in [3.63, 3.8) is 0 Å². The van der Waals surface area contributed by atoms with Crippen molar-refractivity contribution >= 4 is 6.08 Å². The number of nitrogens with zero attached hydrogens (tertiary/aromatic N) is 2. The molecule has 3 nitrogen and oxygen atoms in total. The van der Waals surface area contributed by atoms with E-state index < -0.39 is 11.9 Å². The van der Waals surface area contributed by atoms with Crippen LogP contribution in [0, 0.1) is 24.1 Å². The lowest BCUT2D eigenvalue weighted by Crippen LogP contribution is -1.96. The van der Waals surface area contributed by atoms with Crippen LogP contribution in [0.1, 0.15) is 17.2 Å². The molecular formula is C10H7FN2O. The predicted molar refractivity (Wildman–Crippen MR) is 47.6 cm³/mol. The lowest BCUT2D eigenvalue weighted by atomic mass is 10.1. The van der Waals surface area contributed by atoms with Crippen LogP contribution in [0.25, 0.3) is 0 Å².